The molecule has 0 aliphatic carbocycles. The monoisotopic (exact) mass is 412 g/mol. The van der Waals surface area contributed by atoms with Crippen LogP contribution in [0, 0.1) is 23.7 Å². The van der Waals surface area contributed by atoms with Gasteiger partial charge in [-0.15, -0.1) is 0 Å². The second kappa shape index (κ2) is 8.20. The predicted molar refractivity (Wildman–Crippen MR) is 109 cm³/mol. The van der Waals surface area contributed by atoms with Gasteiger partial charge in [-0.25, -0.2) is 17.7 Å². The third-order valence-electron chi connectivity index (χ3n) is 7.71. The number of nitrogens with zero attached hydrogens (tertiary/aromatic N) is 3. The molecule has 3 unspecified atom stereocenters. The first-order valence-electron chi connectivity index (χ1n) is 11.1. The quantitative estimate of drug-likeness (QED) is 0.752. The molecule has 4 fully saturated rings. The summed E-state index contributed by atoms with van der Waals surface area (Å²) >= 11 is 0. The Morgan fingerprint density at radius 2 is 1.57 bits per heavy atom. The molecule has 4 heterocycles. The zero-order valence-corrected chi connectivity index (χ0v) is 18.2. The van der Waals surface area contributed by atoms with Crippen molar-refractivity contribution in [3.05, 3.63) is 0 Å². The zero-order chi connectivity index (χ0) is 19.9. The van der Waals surface area contributed by atoms with Crippen LogP contribution in [0.2, 0.25) is 0 Å². The standard InChI is InChI=1S/C20H36N4O3S/c1-15-3-8-22(9-4-15)20(25)18-14-21-24-12-7-17(13-19(18)24)16-5-10-23(11-6-16)28(2,26)27/h15-19,21H,3-14H2,1-2H3. The van der Waals surface area contributed by atoms with Gasteiger partial charge in [0.1, 0.15) is 0 Å². The maximum absolute atomic E-state index is 13.2. The van der Waals surface area contributed by atoms with E-state index < -0.39 is 10.0 Å². The summed E-state index contributed by atoms with van der Waals surface area (Å²) in [6.07, 6.45) is 7.70. The Hall–Kier alpha value is -0.700. The minimum absolute atomic E-state index is 0.0762. The molecule has 0 aromatic carbocycles. The third kappa shape index (κ3) is 4.25. The Bertz CT molecular complexity index is 669. The first-order valence-corrected chi connectivity index (χ1v) is 12.9. The van der Waals surface area contributed by atoms with E-state index in [4.69, 9.17) is 0 Å². The van der Waals surface area contributed by atoms with Crippen molar-refractivity contribution in [2.75, 3.05) is 45.5 Å². The van der Waals surface area contributed by atoms with Gasteiger partial charge in [0.25, 0.3) is 0 Å². The number of piperidine rings is 3. The molecule has 28 heavy (non-hydrogen) atoms. The molecule has 7 nitrogen and oxygen atoms in total. The molecule has 0 aromatic heterocycles. The van der Waals surface area contributed by atoms with Gasteiger partial charge in [0.2, 0.25) is 15.9 Å². The van der Waals surface area contributed by atoms with E-state index in [1.807, 2.05) is 0 Å². The first kappa shape index (κ1) is 20.6. The minimum Gasteiger partial charge on any atom is -0.342 e. The van der Waals surface area contributed by atoms with Crippen LogP contribution < -0.4 is 5.43 Å². The lowest BCUT2D eigenvalue weighted by molar-refractivity contribution is -0.137. The minimum atomic E-state index is -3.07. The lowest BCUT2D eigenvalue weighted by Gasteiger charge is -2.42. The molecule has 1 N–H and O–H groups in total. The van der Waals surface area contributed by atoms with Gasteiger partial charge >= 0.3 is 0 Å². The molecule has 4 aliphatic heterocycles. The fraction of sp³-hybridized carbons (Fsp3) is 0.950. The SMILES string of the molecule is CC1CCN(C(=O)C2CNN3CCC(C4CCN(S(C)(=O)=O)CC4)CC23)CC1. The molecule has 1 amide bonds. The van der Waals surface area contributed by atoms with Gasteiger partial charge in [-0.05, 0) is 56.3 Å². The first-order chi connectivity index (χ1) is 13.3. The van der Waals surface area contributed by atoms with Crippen molar-refractivity contribution in [3.63, 3.8) is 0 Å². The summed E-state index contributed by atoms with van der Waals surface area (Å²) in [5.74, 6) is 2.36. The number of amides is 1. The Morgan fingerprint density at radius 1 is 0.929 bits per heavy atom. The van der Waals surface area contributed by atoms with Crippen LogP contribution in [0.5, 0.6) is 0 Å². The fourth-order valence-electron chi connectivity index (χ4n) is 5.78. The molecule has 4 saturated heterocycles. The van der Waals surface area contributed by atoms with E-state index >= 15 is 0 Å². The molecule has 0 bridgehead atoms. The summed E-state index contributed by atoms with van der Waals surface area (Å²) in [6, 6.07) is 0.304. The Kier molecular flexibility index (Phi) is 6.03. The number of fused-ring (bicyclic) bond motifs is 1. The molecule has 0 spiro atoms. The van der Waals surface area contributed by atoms with Crippen molar-refractivity contribution in [2.45, 2.75) is 51.5 Å². The summed E-state index contributed by atoms with van der Waals surface area (Å²) in [4.78, 5) is 15.3. The van der Waals surface area contributed by atoms with Gasteiger partial charge in [0.15, 0.2) is 0 Å². The molecule has 0 saturated carbocycles. The van der Waals surface area contributed by atoms with Crippen LogP contribution in [0.15, 0.2) is 0 Å². The fourth-order valence-corrected chi connectivity index (χ4v) is 6.65. The highest BCUT2D eigenvalue weighted by atomic mass is 32.2. The van der Waals surface area contributed by atoms with Crippen LogP contribution in [-0.2, 0) is 14.8 Å². The Morgan fingerprint density at radius 3 is 2.21 bits per heavy atom. The predicted octanol–water partition coefficient (Wildman–Crippen LogP) is 1.13. The highest BCUT2D eigenvalue weighted by Gasteiger charge is 2.45. The number of nitrogens with one attached hydrogen (secondary N) is 1. The lowest BCUT2D eigenvalue weighted by Crippen LogP contribution is -2.50. The molecule has 4 rings (SSSR count). The van der Waals surface area contributed by atoms with Crippen LogP contribution in [0.25, 0.3) is 0 Å². The van der Waals surface area contributed by atoms with Crippen molar-refractivity contribution in [2.24, 2.45) is 23.7 Å². The van der Waals surface area contributed by atoms with E-state index in [0.717, 1.165) is 70.6 Å². The Labute approximate surface area is 169 Å². The second-order valence-corrected chi connectivity index (χ2v) is 11.5. The van der Waals surface area contributed by atoms with Crippen molar-refractivity contribution in [1.82, 2.24) is 19.6 Å². The molecule has 8 heteroatoms. The van der Waals surface area contributed by atoms with Gasteiger partial charge in [-0.2, -0.15) is 0 Å². The number of hydrogen-bond donors (Lipinski definition) is 1. The average Bonchev–Trinajstić information content (AvgIpc) is 3.10. The van der Waals surface area contributed by atoms with Crippen molar-refractivity contribution < 1.29 is 13.2 Å². The molecule has 0 radical (unpaired) electrons. The smallest absolute Gasteiger partial charge is 0.228 e. The molecule has 3 atom stereocenters. The average molecular weight is 413 g/mol. The topological polar surface area (TPSA) is 73.0 Å². The van der Waals surface area contributed by atoms with Gasteiger partial charge < -0.3 is 4.90 Å². The summed E-state index contributed by atoms with van der Waals surface area (Å²) in [5.41, 5.74) is 3.49. The number of carbonyl (C=O) groups is 1. The van der Waals surface area contributed by atoms with E-state index in [2.05, 4.69) is 22.3 Å². The van der Waals surface area contributed by atoms with Crippen molar-refractivity contribution >= 4 is 15.9 Å². The summed E-state index contributed by atoms with van der Waals surface area (Å²) in [5, 5.41) is 2.32. The highest BCUT2D eigenvalue weighted by molar-refractivity contribution is 7.88. The number of carbonyl (C=O) groups excluding carboxylic acids is 1. The number of hydrazine groups is 1. The maximum atomic E-state index is 13.2. The normalized spacial score (nSPS) is 34.5. The summed E-state index contributed by atoms with van der Waals surface area (Å²) < 4.78 is 25.2. The maximum Gasteiger partial charge on any atom is 0.228 e. The second-order valence-electron chi connectivity index (χ2n) is 9.52. The van der Waals surface area contributed by atoms with E-state index in [-0.39, 0.29) is 5.92 Å². The van der Waals surface area contributed by atoms with Crippen molar-refractivity contribution in [1.29, 1.82) is 0 Å². The number of rotatable bonds is 3. The number of likely N-dealkylation sites (tertiary alicyclic amines) is 1. The summed E-state index contributed by atoms with van der Waals surface area (Å²) in [6.45, 7) is 7.19. The summed E-state index contributed by atoms with van der Waals surface area (Å²) in [7, 11) is -3.07. The van der Waals surface area contributed by atoms with Gasteiger partial charge in [-0.3, -0.25) is 10.2 Å². The third-order valence-corrected chi connectivity index (χ3v) is 9.01. The number of sulfonamides is 1. The van der Waals surface area contributed by atoms with Crippen LogP contribution in [0.1, 0.15) is 45.4 Å². The van der Waals surface area contributed by atoms with Crippen LogP contribution >= 0.6 is 0 Å². The molecule has 4 aliphatic rings. The van der Waals surface area contributed by atoms with Gasteiger partial charge in [0, 0.05) is 45.3 Å². The van der Waals surface area contributed by atoms with E-state index in [9.17, 15) is 13.2 Å². The van der Waals surface area contributed by atoms with Gasteiger partial charge in [0.05, 0.1) is 12.2 Å². The molecule has 0 aromatic rings. The Balaban J connectivity index is 1.35. The van der Waals surface area contributed by atoms with Crippen LogP contribution in [0.4, 0.5) is 0 Å². The molecule has 160 valence electrons. The van der Waals surface area contributed by atoms with E-state index in [1.165, 1.54) is 6.26 Å². The zero-order valence-electron chi connectivity index (χ0n) is 17.3. The van der Waals surface area contributed by atoms with Gasteiger partial charge in [-0.1, -0.05) is 6.92 Å². The van der Waals surface area contributed by atoms with E-state index in [0.29, 0.717) is 36.9 Å². The van der Waals surface area contributed by atoms with Crippen LogP contribution in [-0.4, -0.2) is 80.1 Å². The molecular weight excluding hydrogens is 376 g/mol. The number of hydrogen-bond acceptors (Lipinski definition) is 5. The molecular formula is C20H36N4O3S. The lowest BCUT2D eigenvalue weighted by atomic mass is 9.75. The van der Waals surface area contributed by atoms with Crippen LogP contribution in [0.3, 0.4) is 0 Å². The van der Waals surface area contributed by atoms with Crippen molar-refractivity contribution in [3.8, 4) is 0 Å². The van der Waals surface area contributed by atoms with E-state index in [1.54, 1.807) is 4.31 Å². The highest BCUT2D eigenvalue weighted by Crippen LogP contribution is 2.38. The largest absolute Gasteiger partial charge is 0.342 e.